The Morgan fingerprint density at radius 2 is 1.94 bits per heavy atom. The Hall–Kier alpha value is -3.98. The van der Waals surface area contributed by atoms with E-state index in [-0.39, 0.29) is 11.9 Å². The van der Waals surface area contributed by atoms with E-state index in [0.29, 0.717) is 35.6 Å². The number of nitrogens with zero attached hydrogens (tertiary/aromatic N) is 5. The van der Waals surface area contributed by atoms with Crippen molar-refractivity contribution in [3.63, 3.8) is 0 Å². The quantitative estimate of drug-likeness (QED) is 0.458. The van der Waals surface area contributed by atoms with Crippen LogP contribution in [0.25, 0.3) is 17.0 Å². The Labute approximate surface area is 197 Å². The summed E-state index contributed by atoms with van der Waals surface area (Å²) in [4.78, 5) is 28.6. The van der Waals surface area contributed by atoms with E-state index in [9.17, 15) is 4.79 Å². The average Bonchev–Trinajstić information content (AvgIpc) is 3.21. The molecule has 2 aromatic heterocycles. The summed E-state index contributed by atoms with van der Waals surface area (Å²) in [6.45, 7) is 4.46. The highest BCUT2D eigenvalue weighted by Gasteiger charge is 2.28. The van der Waals surface area contributed by atoms with Crippen LogP contribution in [0.5, 0.6) is 6.01 Å². The molecule has 1 unspecified atom stereocenters. The predicted octanol–water partition coefficient (Wildman–Crippen LogP) is 3.08. The van der Waals surface area contributed by atoms with Crippen LogP contribution >= 0.6 is 0 Å². The number of amides is 1. The number of imidazole rings is 1. The lowest BCUT2D eigenvalue weighted by Gasteiger charge is -2.31. The lowest BCUT2D eigenvalue weighted by molar-refractivity contribution is 0.100. The van der Waals surface area contributed by atoms with E-state index in [1.807, 2.05) is 24.3 Å². The van der Waals surface area contributed by atoms with Crippen LogP contribution in [0.2, 0.25) is 0 Å². The second-order valence-electron chi connectivity index (χ2n) is 8.64. The number of hydrogen-bond acceptors (Lipinski definition) is 7. The summed E-state index contributed by atoms with van der Waals surface area (Å²) in [5.74, 6) is 0.936. The third-order valence-electron chi connectivity index (χ3n) is 6.12. The van der Waals surface area contributed by atoms with Crippen LogP contribution in [0, 0.1) is 0 Å². The van der Waals surface area contributed by atoms with Crippen LogP contribution in [-0.4, -0.2) is 51.0 Å². The molecule has 1 aliphatic heterocycles. The first-order valence-electron chi connectivity index (χ1n) is 11.2. The zero-order valence-electron chi connectivity index (χ0n) is 19.4. The number of anilines is 1. The minimum Gasteiger partial charge on any atom is -0.468 e. The van der Waals surface area contributed by atoms with Gasteiger partial charge in [0.15, 0.2) is 0 Å². The topological polar surface area (TPSA) is 111 Å². The molecule has 0 radical (unpaired) electrons. The molecule has 4 aromatic rings. The number of benzene rings is 2. The second kappa shape index (κ2) is 8.75. The van der Waals surface area contributed by atoms with E-state index >= 15 is 0 Å². The molecule has 0 saturated carbocycles. The van der Waals surface area contributed by atoms with Crippen LogP contribution in [0.15, 0.2) is 48.5 Å². The van der Waals surface area contributed by atoms with Gasteiger partial charge in [0.2, 0.25) is 5.95 Å². The largest absolute Gasteiger partial charge is 0.468 e. The fourth-order valence-electron chi connectivity index (χ4n) is 4.64. The van der Waals surface area contributed by atoms with Crippen molar-refractivity contribution in [2.75, 3.05) is 26.0 Å². The summed E-state index contributed by atoms with van der Waals surface area (Å²) < 4.78 is 7.30. The Kier molecular flexibility index (Phi) is 5.62. The first kappa shape index (κ1) is 21.8. The first-order chi connectivity index (χ1) is 16.5. The molecule has 0 fully saturated rings. The number of nitrogens with one attached hydrogen (secondary N) is 1. The monoisotopic (exact) mass is 457 g/mol. The van der Waals surface area contributed by atoms with E-state index in [2.05, 4.69) is 41.3 Å². The standard InChI is InChI=1S/C25H27N7O2/c1-15-13-31(2)14-18-20(15)23(27-12-16-8-5-4-6-9-16)30-24(28-18)32-19-11-7-10-17(22(26)33)21(19)29-25(32)34-3/h4-11,15H,12-14H2,1-3H3,(H2,26,33)(H,27,28,30). The van der Waals surface area contributed by atoms with Crippen molar-refractivity contribution in [2.45, 2.75) is 25.9 Å². The smallest absolute Gasteiger partial charge is 0.304 e. The molecule has 5 rings (SSSR count). The van der Waals surface area contributed by atoms with Crippen molar-refractivity contribution >= 4 is 22.8 Å². The van der Waals surface area contributed by atoms with Crippen molar-refractivity contribution in [1.82, 2.24) is 24.4 Å². The predicted molar refractivity (Wildman–Crippen MR) is 130 cm³/mol. The molecule has 9 nitrogen and oxygen atoms in total. The molecular weight excluding hydrogens is 430 g/mol. The fraction of sp³-hybridized carbons (Fsp3) is 0.280. The maximum Gasteiger partial charge on any atom is 0.304 e. The molecule has 0 saturated heterocycles. The molecule has 0 bridgehead atoms. The Bertz CT molecular complexity index is 1370. The van der Waals surface area contributed by atoms with Gasteiger partial charge in [0.25, 0.3) is 5.91 Å². The number of likely N-dealkylation sites (N-methyl/N-ethyl adjacent to an activating group) is 1. The van der Waals surface area contributed by atoms with E-state index in [0.717, 1.165) is 29.2 Å². The number of primary amides is 1. The van der Waals surface area contributed by atoms with Crippen LogP contribution < -0.4 is 15.8 Å². The number of ether oxygens (including phenoxy) is 1. The van der Waals surface area contributed by atoms with Gasteiger partial charge in [-0.15, -0.1) is 0 Å². The molecule has 2 aromatic carbocycles. The van der Waals surface area contributed by atoms with Crippen molar-refractivity contribution in [2.24, 2.45) is 5.73 Å². The molecule has 3 heterocycles. The number of aromatic nitrogens is 4. The van der Waals surface area contributed by atoms with Gasteiger partial charge in [0.05, 0.1) is 23.9 Å². The van der Waals surface area contributed by atoms with Crippen molar-refractivity contribution in [3.8, 4) is 12.0 Å². The van der Waals surface area contributed by atoms with Crippen molar-refractivity contribution in [3.05, 3.63) is 70.9 Å². The molecule has 0 aliphatic carbocycles. The number of carbonyl (C=O) groups is 1. The molecule has 1 aliphatic rings. The summed E-state index contributed by atoms with van der Waals surface area (Å²) in [5, 5.41) is 3.53. The lowest BCUT2D eigenvalue weighted by Crippen LogP contribution is -2.31. The van der Waals surface area contributed by atoms with Crippen molar-refractivity contribution < 1.29 is 9.53 Å². The summed E-state index contributed by atoms with van der Waals surface area (Å²) in [7, 11) is 3.62. The van der Waals surface area contributed by atoms with Crippen LogP contribution in [-0.2, 0) is 13.1 Å². The number of carbonyl (C=O) groups excluding carboxylic acids is 1. The highest BCUT2D eigenvalue weighted by molar-refractivity contribution is 6.04. The number of para-hydroxylation sites is 1. The SMILES string of the molecule is COc1nc2c(C(N)=O)cccc2n1-c1nc2c(c(NCc3ccccc3)n1)C(C)CN(C)C2. The minimum atomic E-state index is -0.551. The van der Waals surface area contributed by atoms with Gasteiger partial charge in [-0.2, -0.15) is 9.97 Å². The fourth-order valence-corrected chi connectivity index (χ4v) is 4.64. The number of methoxy groups -OCH3 is 1. The Balaban J connectivity index is 1.68. The van der Waals surface area contributed by atoms with Gasteiger partial charge in [-0.25, -0.2) is 9.55 Å². The average molecular weight is 458 g/mol. The highest BCUT2D eigenvalue weighted by atomic mass is 16.5. The maximum absolute atomic E-state index is 12.0. The van der Waals surface area contributed by atoms with E-state index in [1.165, 1.54) is 7.11 Å². The third-order valence-corrected chi connectivity index (χ3v) is 6.12. The first-order valence-corrected chi connectivity index (χ1v) is 11.2. The Morgan fingerprint density at radius 3 is 2.68 bits per heavy atom. The van der Waals surface area contributed by atoms with Gasteiger partial charge in [0, 0.05) is 25.2 Å². The van der Waals surface area contributed by atoms with Crippen LogP contribution in [0.3, 0.4) is 0 Å². The lowest BCUT2D eigenvalue weighted by atomic mass is 9.95. The molecule has 1 amide bonds. The van der Waals surface area contributed by atoms with Gasteiger partial charge in [-0.3, -0.25) is 9.69 Å². The number of fused-ring (bicyclic) bond motifs is 2. The minimum absolute atomic E-state index is 0.268. The molecule has 3 N–H and O–H groups in total. The zero-order valence-corrected chi connectivity index (χ0v) is 19.4. The van der Waals surface area contributed by atoms with Gasteiger partial charge in [0.1, 0.15) is 11.3 Å². The van der Waals surface area contributed by atoms with Crippen LogP contribution in [0.4, 0.5) is 5.82 Å². The van der Waals surface area contributed by atoms with E-state index < -0.39 is 5.91 Å². The molecule has 34 heavy (non-hydrogen) atoms. The van der Waals surface area contributed by atoms with E-state index in [4.69, 9.17) is 20.4 Å². The van der Waals surface area contributed by atoms with E-state index in [1.54, 1.807) is 16.7 Å². The molecule has 9 heteroatoms. The van der Waals surface area contributed by atoms with Gasteiger partial charge in [-0.1, -0.05) is 43.3 Å². The summed E-state index contributed by atoms with van der Waals surface area (Å²) >= 11 is 0. The number of nitrogens with two attached hydrogens (primary N) is 1. The zero-order chi connectivity index (χ0) is 23.8. The van der Waals surface area contributed by atoms with Crippen molar-refractivity contribution in [1.29, 1.82) is 0 Å². The number of hydrogen-bond donors (Lipinski definition) is 2. The van der Waals surface area contributed by atoms with Gasteiger partial charge >= 0.3 is 6.01 Å². The molecule has 1 atom stereocenters. The summed E-state index contributed by atoms with van der Waals surface area (Å²) in [6, 6.07) is 15.8. The summed E-state index contributed by atoms with van der Waals surface area (Å²) in [5.41, 5.74) is 10.3. The number of rotatable bonds is 6. The van der Waals surface area contributed by atoms with Gasteiger partial charge < -0.3 is 15.8 Å². The highest BCUT2D eigenvalue weighted by Crippen LogP contribution is 2.34. The third kappa shape index (κ3) is 3.84. The molecule has 0 spiro atoms. The molecular formula is C25H27N7O2. The Morgan fingerprint density at radius 1 is 1.15 bits per heavy atom. The second-order valence-corrected chi connectivity index (χ2v) is 8.64. The normalized spacial score (nSPS) is 15.8. The molecule has 174 valence electrons. The maximum atomic E-state index is 12.0. The van der Waals surface area contributed by atoms with Crippen LogP contribution in [0.1, 0.15) is 40.0 Å². The summed E-state index contributed by atoms with van der Waals surface area (Å²) in [6.07, 6.45) is 0. The van der Waals surface area contributed by atoms with Gasteiger partial charge in [-0.05, 0) is 30.7 Å².